The molecule has 1 aliphatic heterocycles. The molecule has 4 heteroatoms. The lowest BCUT2D eigenvalue weighted by atomic mass is 10.0. The van der Waals surface area contributed by atoms with Crippen molar-refractivity contribution in [3.8, 4) is 5.69 Å². The highest BCUT2D eigenvalue weighted by molar-refractivity contribution is 5.33. The summed E-state index contributed by atoms with van der Waals surface area (Å²) in [7, 11) is 2.06. The van der Waals surface area contributed by atoms with Crippen molar-refractivity contribution in [3.05, 3.63) is 48.3 Å². The van der Waals surface area contributed by atoms with Gasteiger partial charge in [0.15, 0.2) is 0 Å². The molecule has 0 saturated carbocycles. The molecule has 0 aliphatic carbocycles. The zero-order valence-electron chi connectivity index (χ0n) is 12.0. The average Bonchev–Trinajstić information content (AvgIpc) is 3.02. The Morgan fingerprint density at radius 1 is 1.30 bits per heavy atom. The lowest BCUT2D eigenvalue weighted by molar-refractivity contribution is 0.188. The fourth-order valence-corrected chi connectivity index (χ4v) is 2.87. The summed E-state index contributed by atoms with van der Waals surface area (Å²) < 4.78 is 1.89. The Labute approximate surface area is 120 Å². The SMILES string of the molecule is CNC1CCCN(Cc2ccc(-n3cccn3)cc2)C1. The van der Waals surface area contributed by atoms with Crippen molar-refractivity contribution in [2.24, 2.45) is 0 Å². The average molecular weight is 270 g/mol. The van der Waals surface area contributed by atoms with Gasteiger partial charge in [0.1, 0.15) is 0 Å². The number of hydrogen-bond acceptors (Lipinski definition) is 3. The summed E-state index contributed by atoms with van der Waals surface area (Å²) in [6.07, 6.45) is 6.36. The lowest BCUT2D eigenvalue weighted by Gasteiger charge is -2.32. The quantitative estimate of drug-likeness (QED) is 0.923. The fraction of sp³-hybridized carbons (Fsp3) is 0.438. The van der Waals surface area contributed by atoms with Gasteiger partial charge in [-0.15, -0.1) is 0 Å². The summed E-state index contributed by atoms with van der Waals surface area (Å²) in [5.74, 6) is 0. The van der Waals surface area contributed by atoms with Crippen LogP contribution in [-0.2, 0) is 6.54 Å². The summed E-state index contributed by atoms with van der Waals surface area (Å²) in [5, 5.41) is 7.64. The third-order valence-corrected chi connectivity index (χ3v) is 4.03. The molecule has 1 saturated heterocycles. The van der Waals surface area contributed by atoms with Crippen LogP contribution in [0, 0.1) is 0 Å². The van der Waals surface area contributed by atoms with Gasteiger partial charge in [-0.3, -0.25) is 4.90 Å². The highest BCUT2D eigenvalue weighted by Crippen LogP contribution is 2.15. The van der Waals surface area contributed by atoms with Crippen molar-refractivity contribution in [1.29, 1.82) is 0 Å². The number of nitrogens with zero attached hydrogens (tertiary/aromatic N) is 3. The Morgan fingerprint density at radius 3 is 2.85 bits per heavy atom. The number of aromatic nitrogens is 2. The maximum absolute atomic E-state index is 4.25. The van der Waals surface area contributed by atoms with Gasteiger partial charge in [0.2, 0.25) is 0 Å². The minimum Gasteiger partial charge on any atom is -0.316 e. The van der Waals surface area contributed by atoms with Crippen molar-refractivity contribution in [2.45, 2.75) is 25.4 Å². The molecule has 2 aromatic rings. The summed E-state index contributed by atoms with van der Waals surface area (Å²) in [6, 6.07) is 11.3. The Hall–Kier alpha value is -1.65. The minimum atomic E-state index is 0.645. The number of likely N-dealkylation sites (tertiary alicyclic amines) is 1. The van der Waals surface area contributed by atoms with E-state index >= 15 is 0 Å². The van der Waals surface area contributed by atoms with Gasteiger partial charge in [-0.25, -0.2) is 4.68 Å². The molecule has 2 heterocycles. The molecule has 1 N–H and O–H groups in total. The molecular weight excluding hydrogens is 248 g/mol. The molecule has 1 aromatic carbocycles. The Kier molecular flexibility index (Phi) is 4.14. The molecule has 106 valence electrons. The van der Waals surface area contributed by atoms with Crippen LogP contribution in [-0.4, -0.2) is 40.9 Å². The number of benzene rings is 1. The topological polar surface area (TPSA) is 33.1 Å². The molecule has 0 radical (unpaired) electrons. The second-order valence-electron chi connectivity index (χ2n) is 5.48. The van der Waals surface area contributed by atoms with E-state index in [0.717, 1.165) is 18.8 Å². The lowest BCUT2D eigenvalue weighted by Crippen LogP contribution is -2.43. The van der Waals surface area contributed by atoms with E-state index in [-0.39, 0.29) is 0 Å². The van der Waals surface area contributed by atoms with E-state index < -0.39 is 0 Å². The largest absolute Gasteiger partial charge is 0.316 e. The van der Waals surface area contributed by atoms with Crippen LogP contribution < -0.4 is 5.32 Å². The smallest absolute Gasteiger partial charge is 0.0645 e. The zero-order chi connectivity index (χ0) is 13.8. The van der Waals surface area contributed by atoms with E-state index in [1.165, 1.54) is 24.9 Å². The van der Waals surface area contributed by atoms with Gasteiger partial charge in [0.05, 0.1) is 5.69 Å². The van der Waals surface area contributed by atoms with Crippen LogP contribution >= 0.6 is 0 Å². The molecule has 1 fully saturated rings. The number of piperidine rings is 1. The van der Waals surface area contributed by atoms with Crippen LogP contribution in [0.2, 0.25) is 0 Å². The number of likely N-dealkylation sites (N-methyl/N-ethyl adjacent to an activating group) is 1. The maximum Gasteiger partial charge on any atom is 0.0645 e. The van der Waals surface area contributed by atoms with E-state index in [4.69, 9.17) is 0 Å². The van der Waals surface area contributed by atoms with Crippen molar-refractivity contribution >= 4 is 0 Å². The van der Waals surface area contributed by atoms with Crippen molar-refractivity contribution < 1.29 is 0 Å². The molecular formula is C16H22N4. The summed E-state index contributed by atoms with van der Waals surface area (Å²) in [5.41, 5.74) is 2.49. The molecule has 4 nitrogen and oxygen atoms in total. The van der Waals surface area contributed by atoms with Crippen LogP contribution in [0.15, 0.2) is 42.7 Å². The molecule has 0 amide bonds. The predicted molar refractivity (Wildman–Crippen MR) is 80.9 cm³/mol. The van der Waals surface area contributed by atoms with Gasteiger partial charge in [-0.1, -0.05) is 12.1 Å². The minimum absolute atomic E-state index is 0.645. The Bertz CT molecular complexity index is 518. The van der Waals surface area contributed by atoms with Crippen molar-refractivity contribution in [2.75, 3.05) is 20.1 Å². The first-order valence-electron chi connectivity index (χ1n) is 7.34. The van der Waals surface area contributed by atoms with Gasteiger partial charge in [-0.05, 0) is 50.2 Å². The third-order valence-electron chi connectivity index (χ3n) is 4.03. The molecule has 1 aliphatic rings. The van der Waals surface area contributed by atoms with Crippen LogP contribution in [0.1, 0.15) is 18.4 Å². The summed E-state index contributed by atoms with van der Waals surface area (Å²) >= 11 is 0. The molecule has 1 unspecified atom stereocenters. The highest BCUT2D eigenvalue weighted by atomic mass is 15.3. The zero-order valence-corrected chi connectivity index (χ0v) is 12.0. The molecule has 0 spiro atoms. The maximum atomic E-state index is 4.25. The van der Waals surface area contributed by atoms with Gasteiger partial charge >= 0.3 is 0 Å². The number of hydrogen-bond donors (Lipinski definition) is 1. The van der Waals surface area contributed by atoms with Gasteiger partial charge in [0, 0.05) is 31.5 Å². The second kappa shape index (κ2) is 6.20. The van der Waals surface area contributed by atoms with E-state index in [0.29, 0.717) is 6.04 Å². The predicted octanol–water partition coefficient (Wildman–Crippen LogP) is 2.06. The standard InChI is InChI=1S/C16H22N4/c1-17-15-4-2-10-19(13-15)12-14-5-7-16(8-6-14)20-11-3-9-18-20/h3,5-9,11,15,17H,2,4,10,12-13H2,1H3. The third kappa shape index (κ3) is 3.08. The Balaban J connectivity index is 1.63. The Morgan fingerprint density at radius 2 is 2.15 bits per heavy atom. The van der Waals surface area contributed by atoms with Gasteiger partial charge < -0.3 is 5.32 Å². The monoisotopic (exact) mass is 270 g/mol. The van der Waals surface area contributed by atoms with Crippen LogP contribution in [0.4, 0.5) is 0 Å². The van der Waals surface area contributed by atoms with E-state index in [1.807, 2.05) is 16.9 Å². The summed E-state index contributed by atoms with van der Waals surface area (Å²) in [6.45, 7) is 3.40. The second-order valence-corrected chi connectivity index (χ2v) is 5.48. The van der Waals surface area contributed by atoms with Crippen molar-refractivity contribution in [1.82, 2.24) is 20.0 Å². The molecule has 20 heavy (non-hydrogen) atoms. The number of rotatable bonds is 4. The van der Waals surface area contributed by atoms with Crippen LogP contribution in [0.25, 0.3) is 5.69 Å². The van der Waals surface area contributed by atoms with Crippen LogP contribution in [0.5, 0.6) is 0 Å². The molecule has 1 atom stereocenters. The first-order chi connectivity index (χ1) is 9.85. The first kappa shape index (κ1) is 13.3. The van der Waals surface area contributed by atoms with Gasteiger partial charge in [-0.2, -0.15) is 5.10 Å². The molecule has 1 aromatic heterocycles. The van der Waals surface area contributed by atoms with E-state index in [9.17, 15) is 0 Å². The molecule has 3 rings (SSSR count). The summed E-state index contributed by atoms with van der Waals surface area (Å²) in [4.78, 5) is 2.54. The highest BCUT2D eigenvalue weighted by Gasteiger charge is 2.18. The van der Waals surface area contributed by atoms with E-state index in [1.54, 1.807) is 6.20 Å². The fourth-order valence-electron chi connectivity index (χ4n) is 2.87. The van der Waals surface area contributed by atoms with E-state index in [2.05, 4.69) is 46.6 Å². The number of nitrogens with one attached hydrogen (secondary N) is 1. The molecule has 0 bridgehead atoms. The normalized spacial score (nSPS) is 20.1. The van der Waals surface area contributed by atoms with Crippen LogP contribution in [0.3, 0.4) is 0 Å². The van der Waals surface area contributed by atoms with Gasteiger partial charge in [0.25, 0.3) is 0 Å². The van der Waals surface area contributed by atoms with Crippen molar-refractivity contribution in [3.63, 3.8) is 0 Å². The first-order valence-corrected chi connectivity index (χ1v) is 7.34.